The molecule has 0 bridgehead atoms. The highest BCUT2D eigenvalue weighted by Gasteiger charge is 2.09. The Morgan fingerprint density at radius 1 is 1.18 bits per heavy atom. The summed E-state index contributed by atoms with van der Waals surface area (Å²) in [7, 11) is 1.59. The predicted molar refractivity (Wildman–Crippen MR) is 113 cm³/mol. The lowest BCUT2D eigenvalue weighted by Crippen LogP contribution is -2.14. The average molecular weight is 373 g/mol. The second kappa shape index (κ2) is 8.31. The van der Waals surface area contributed by atoms with Gasteiger partial charge in [-0.15, -0.1) is 0 Å². The molecular weight excluding hydrogens is 350 g/mol. The molecule has 0 saturated heterocycles. The summed E-state index contributed by atoms with van der Waals surface area (Å²) in [6, 6.07) is 14.3. The van der Waals surface area contributed by atoms with Gasteiger partial charge >= 0.3 is 0 Å². The minimum Gasteiger partial charge on any atom is -0.497 e. The van der Waals surface area contributed by atoms with Crippen molar-refractivity contribution in [2.75, 3.05) is 12.4 Å². The summed E-state index contributed by atoms with van der Waals surface area (Å²) in [6.07, 6.45) is 7.70. The lowest BCUT2D eigenvalue weighted by Gasteiger charge is -2.21. The van der Waals surface area contributed by atoms with Crippen molar-refractivity contribution in [2.24, 2.45) is 5.73 Å². The van der Waals surface area contributed by atoms with Crippen molar-refractivity contribution >= 4 is 17.3 Å². The van der Waals surface area contributed by atoms with Crippen LogP contribution in [0.3, 0.4) is 0 Å². The Labute approximate surface area is 165 Å². The third-order valence-corrected chi connectivity index (χ3v) is 4.31. The monoisotopic (exact) mass is 373 g/mol. The fraction of sp³-hybridized carbons (Fsp3) is 0.0870. The third-order valence-electron chi connectivity index (χ3n) is 4.31. The Hall–Kier alpha value is -3.73. The van der Waals surface area contributed by atoms with Gasteiger partial charge in [0.05, 0.1) is 12.8 Å². The molecule has 0 radical (unpaired) electrons. The number of allylic oxidation sites excluding steroid dienone is 3. The maximum Gasteiger partial charge on any atom is 0.255 e. The number of anilines is 1. The van der Waals surface area contributed by atoms with Gasteiger partial charge in [0.2, 0.25) is 0 Å². The number of benzene rings is 2. The summed E-state index contributed by atoms with van der Waals surface area (Å²) in [5, 5.41) is 2.89. The summed E-state index contributed by atoms with van der Waals surface area (Å²) in [6.45, 7) is 6.04. The molecule has 142 valence electrons. The topological polar surface area (TPSA) is 67.6 Å². The summed E-state index contributed by atoms with van der Waals surface area (Å²) in [5.41, 5.74) is 10.8. The molecule has 0 aromatic heterocycles. The number of methoxy groups -OCH3 is 1. The van der Waals surface area contributed by atoms with E-state index in [4.69, 9.17) is 10.5 Å². The standard InChI is InChI=1S/C23H23N3O2/c1-16-11-12-26(17(2)13-16)15-22(24)19-5-4-6-20(14-19)25-23(27)18-7-9-21(28-3)10-8-18/h4-15H,2,24H2,1,3H3,(H,25,27)/b22-15-. The lowest BCUT2D eigenvalue weighted by atomic mass is 10.1. The highest BCUT2D eigenvalue weighted by molar-refractivity contribution is 6.04. The van der Waals surface area contributed by atoms with Crippen molar-refractivity contribution in [3.8, 4) is 5.75 Å². The van der Waals surface area contributed by atoms with E-state index >= 15 is 0 Å². The number of hydrogen-bond acceptors (Lipinski definition) is 4. The highest BCUT2D eigenvalue weighted by Crippen LogP contribution is 2.21. The van der Waals surface area contributed by atoms with Gasteiger partial charge in [0, 0.05) is 34.9 Å². The first-order valence-electron chi connectivity index (χ1n) is 8.83. The van der Waals surface area contributed by atoms with E-state index in [0.29, 0.717) is 22.7 Å². The molecule has 0 spiro atoms. The largest absolute Gasteiger partial charge is 0.497 e. The molecule has 0 aliphatic carbocycles. The number of rotatable bonds is 5. The Morgan fingerprint density at radius 2 is 1.93 bits per heavy atom. The number of nitrogens with zero attached hydrogens (tertiary/aromatic N) is 1. The second-order valence-electron chi connectivity index (χ2n) is 6.45. The third kappa shape index (κ3) is 4.51. The molecule has 1 heterocycles. The van der Waals surface area contributed by atoms with Crippen molar-refractivity contribution in [2.45, 2.75) is 6.92 Å². The van der Waals surface area contributed by atoms with Crippen LogP contribution in [0.1, 0.15) is 22.8 Å². The Bertz CT molecular complexity index is 985. The minimum atomic E-state index is -0.199. The number of nitrogens with one attached hydrogen (secondary N) is 1. The SMILES string of the molecule is C=C1C=C(C)C=CN1/C=C(\N)c1cccc(NC(=O)c2ccc(OC)cc2)c1. The molecule has 0 unspecified atom stereocenters. The van der Waals surface area contributed by atoms with Crippen molar-refractivity contribution in [1.82, 2.24) is 4.90 Å². The number of amides is 1. The van der Waals surface area contributed by atoms with Gasteiger partial charge in [-0.25, -0.2) is 0 Å². The van der Waals surface area contributed by atoms with E-state index in [1.165, 1.54) is 0 Å². The molecule has 0 atom stereocenters. The van der Waals surface area contributed by atoms with E-state index in [9.17, 15) is 4.79 Å². The molecule has 0 saturated carbocycles. The summed E-state index contributed by atoms with van der Waals surface area (Å²) < 4.78 is 5.11. The summed E-state index contributed by atoms with van der Waals surface area (Å²) in [5.74, 6) is 0.505. The Morgan fingerprint density at radius 3 is 2.61 bits per heavy atom. The van der Waals surface area contributed by atoms with Gasteiger partial charge in [-0.3, -0.25) is 4.79 Å². The summed E-state index contributed by atoms with van der Waals surface area (Å²) >= 11 is 0. The molecule has 1 amide bonds. The first-order chi connectivity index (χ1) is 13.5. The van der Waals surface area contributed by atoms with Gasteiger partial charge in [-0.2, -0.15) is 0 Å². The fourth-order valence-electron chi connectivity index (χ4n) is 2.75. The van der Waals surface area contributed by atoms with Crippen LogP contribution >= 0.6 is 0 Å². The Balaban J connectivity index is 1.74. The Kier molecular flexibility index (Phi) is 5.65. The van der Waals surface area contributed by atoms with Gasteiger partial charge in [0.15, 0.2) is 0 Å². The highest BCUT2D eigenvalue weighted by atomic mass is 16.5. The molecule has 5 heteroatoms. The molecule has 1 aliphatic heterocycles. The summed E-state index contributed by atoms with van der Waals surface area (Å²) in [4.78, 5) is 14.3. The predicted octanol–water partition coefficient (Wildman–Crippen LogP) is 4.49. The quantitative estimate of drug-likeness (QED) is 0.810. The van der Waals surface area contributed by atoms with Gasteiger partial charge < -0.3 is 20.7 Å². The van der Waals surface area contributed by atoms with Crippen LogP contribution in [-0.4, -0.2) is 17.9 Å². The minimum absolute atomic E-state index is 0.199. The molecule has 2 aromatic rings. The van der Waals surface area contributed by atoms with Crippen molar-refractivity contribution < 1.29 is 9.53 Å². The average Bonchev–Trinajstić information content (AvgIpc) is 2.70. The number of ether oxygens (including phenoxy) is 1. The zero-order valence-electron chi connectivity index (χ0n) is 16.0. The van der Waals surface area contributed by atoms with Crippen LogP contribution in [0.4, 0.5) is 5.69 Å². The number of nitrogens with two attached hydrogens (primary N) is 1. The van der Waals surface area contributed by atoms with Crippen LogP contribution in [-0.2, 0) is 0 Å². The molecule has 2 aromatic carbocycles. The van der Waals surface area contributed by atoms with E-state index in [0.717, 1.165) is 16.8 Å². The van der Waals surface area contributed by atoms with Crippen LogP contribution in [0.15, 0.2) is 90.9 Å². The van der Waals surface area contributed by atoms with Gasteiger partial charge in [0.1, 0.15) is 5.75 Å². The van der Waals surface area contributed by atoms with Gasteiger partial charge in [-0.05, 0) is 61.0 Å². The number of hydrogen-bond donors (Lipinski definition) is 2. The molecule has 3 rings (SSSR count). The maximum absolute atomic E-state index is 12.5. The smallest absolute Gasteiger partial charge is 0.255 e. The van der Waals surface area contributed by atoms with E-state index in [1.807, 2.05) is 60.6 Å². The fourth-order valence-corrected chi connectivity index (χ4v) is 2.75. The molecular formula is C23H23N3O2. The van der Waals surface area contributed by atoms with E-state index in [-0.39, 0.29) is 5.91 Å². The van der Waals surface area contributed by atoms with E-state index in [1.54, 1.807) is 31.4 Å². The van der Waals surface area contributed by atoms with E-state index in [2.05, 4.69) is 11.9 Å². The van der Waals surface area contributed by atoms with Gasteiger partial charge in [-0.1, -0.05) is 18.7 Å². The van der Waals surface area contributed by atoms with Gasteiger partial charge in [0.25, 0.3) is 5.91 Å². The van der Waals surface area contributed by atoms with Crippen molar-refractivity contribution in [1.29, 1.82) is 0 Å². The molecule has 3 N–H and O–H groups in total. The van der Waals surface area contributed by atoms with Crippen LogP contribution in [0.5, 0.6) is 5.75 Å². The number of carbonyl (C=O) groups excluding carboxylic acids is 1. The number of carbonyl (C=O) groups is 1. The lowest BCUT2D eigenvalue weighted by molar-refractivity contribution is 0.102. The normalized spacial score (nSPS) is 13.9. The van der Waals surface area contributed by atoms with E-state index < -0.39 is 0 Å². The zero-order valence-corrected chi connectivity index (χ0v) is 16.0. The zero-order chi connectivity index (χ0) is 20.1. The van der Waals surface area contributed by atoms with Crippen molar-refractivity contribution in [3.05, 3.63) is 102 Å². The molecule has 28 heavy (non-hydrogen) atoms. The second-order valence-corrected chi connectivity index (χ2v) is 6.45. The maximum atomic E-state index is 12.5. The van der Waals surface area contributed by atoms with Crippen molar-refractivity contribution in [3.63, 3.8) is 0 Å². The molecule has 0 fully saturated rings. The van der Waals surface area contributed by atoms with Crippen LogP contribution in [0.25, 0.3) is 5.70 Å². The van der Waals surface area contributed by atoms with Crippen LogP contribution in [0, 0.1) is 0 Å². The molecule has 5 nitrogen and oxygen atoms in total. The molecule has 1 aliphatic rings. The van der Waals surface area contributed by atoms with Crippen LogP contribution in [0.2, 0.25) is 0 Å². The van der Waals surface area contributed by atoms with Crippen LogP contribution < -0.4 is 15.8 Å². The first kappa shape index (κ1) is 19.0. The first-order valence-corrected chi connectivity index (χ1v) is 8.83.